The van der Waals surface area contributed by atoms with Gasteiger partial charge in [0.05, 0.1) is 0 Å². The van der Waals surface area contributed by atoms with Gasteiger partial charge in [-0.25, -0.2) is 0 Å². The molecule has 2 aliphatic rings. The number of nitrogens with zero attached hydrogens (tertiary/aromatic N) is 5. The van der Waals surface area contributed by atoms with E-state index >= 15 is 0 Å². The van der Waals surface area contributed by atoms with Crippen LogP contribution in [0.1, 0.15) is 48.0 Å². The quantitative estimate of drug-likeness (QED) is 0.0325. The van der Waals surface area contributed by atoms with Gasteiger partial charge in [0.25, 0.3) is 0 Å². The molecule has 1 aromatic carbocycles. The van der Waals surface area contributed by atoms with Crippen molar-refractivity contribution in [1.29, 1.82) is 0 Å². The van der Waals surface area contributed by atoms with Gasteiger partial charge in [0, 0.05) is 0 Å². The SMILES string of the molecule is N/C=C\N(N)c1ncc(F)c2c(C(=O)C(=O)N3CCN(C(=NC4CCCCC4)c4ccccc4)C[I-]3)c[nH]c12. The fourth-order valence-corrected chi connectivity index (χ4v) is 7.43. The Morgan fingerprint density at radius 3 is 2.64 bits per heavy atom. The fourth-order valence-electron chi connectivity index (χ4n) is 4.94. The van der Waals surface area contributed by atoms with E-state index in [0.29, 0.717) is 23.7 Å². The number of rotatable bonds is 6. The molecule has 5 N–H and O–H groups in total. The van der Waals surface area contributed by atoms with E-state index in [9.17, 15) is 14.0 Å². The molecule has 0 unspecified atom stereocenters. The summed E-state index contributed by atoms with van der Waals surface area (Å²) >= 11 is -0.826. The third-order valence-corrected chi connectivity index (χ3v) is 9.79. The van der Waals surface area contributed by atoms with Crippen molar-refractivity contribution < 1.29 is 35.5 Å². The van der Waals surface area contributed by atoms with Crippen LogP contribution in [0.15, 0.2) is 60.1 Å². The topological polar surface area (TPSA) is 137 Å². The number of H-pyrrole nitrogens is 1. The van der Waals surface area contributed by atoms with E-state index in [-0.39, 0.29) is 22.3 Å². The molecule has 10 nitrogen and oxygen atoms in total. The van der Waals surface area contributed by atoms with Gasteiger partial charge in [-0.3, -0.25) is 0 Å². The molecule has 206 valence electrons. The van der Waals surface area contributed by atoms with Gasteiger partial charge in [0.1, 0.15) is 0 Å². The van der Waals surface area contributed by atoms with Crippen molar-refractivity contribution in [2.45, 2.75) is 38.1 Å². The number of aromatic nitrogens is 2. The van der Waals surface area contributed by atoms with Crippen LogP contribution in [0.5, 0.6) is 0 Å². The van der Waals surface area contributed by atoms with Gasteiger partial charge in [-0.2, -0.15) is 0 Å². The van der Waals surface area contributed by atoms with Crippen LogP contribution >= 0.6 is 0 Å². The molecule has 1 aliphatic carbocycles. The average Bonchev–Trinajstić information content (AvgIpc) is 3.43. The number of anilines is 1. The van der Waals surface area contributed by atoms with Crippen LogP contribution in [0.25, 0.3) is 10.9 Å². The summed E-state index contributed by atoms with van der Waals surface area (Å²) in [6.07, 6.45) is 10.7. The van der Waals surface area contributed by atoms with Crippen LogP contribution in [-0.4, -0.2) is 59.2 Å². The Morgan fingerprint density at radius 1 is 1.18 bits per heavy atom. The van der Waals surface area contributed by atoms with Crippen LogP contribution < -0.4 is 38.1 Å². The molecule has 12 heteroatoms. The maximum atomic E-state index is 14.8. The van der Waals surface area contributed by atoms with E-state index < -0.39 is 39.0 Å². The van der Waals surface area contributed by atoms with Gasteiger partial charge in [0.15, 0.2) is 0 Å². The summed E-state index contributed by atoms with van der Waals surface area (Å²) < 4.78 is 17.1. The Hall–Kier alpha value is -3.52. The van der Waals surface area contributed by atoms with Gasteiger partial charge in [-0.1, -0.05) is 0 Å². The standard InChI is InChI=1S/C27H31FIN8O2/c28-21-16-33-26(37(31)12-11-30)23-22(21)20(15-32-23)24(38)27(39)36-14-13-35(17-29-36)25(18-7-3-1-4-8-18)34-19-9-5-2-6-10-19/h1,3-4,7-8,11-12,15-16,19,32H,2,5-6,9-10,13-14,17,30-31H2/q-1/b12-11-,34-25?. The number of halogens is 2. The number of nitrogens with one attached hydrogen (secondary N) is 1. The van der Waals surface area contributed by atoms with E-state index in [1.165, 1.54) is 37.9 Å². The number of aromatic amines is 1. The molecule has 2 fully saturated rings. The molecule has 0 spiro atoms. The number of ketones is 1. The van der Waals surface area contributed by atoms with Crippen LogP contribution in [0.3, 0.4) is 0 Å². The number of fused-ring (bicyclic) bond motifs is 1. The zero-order valence-electron chi connectivity index (χ0n) is 21.4. The predicted molar refractivity (Wildman–Crippen MR) is 144 cm³/mol. The number of amidine groups is 1. The Labute approximate surface area is 236 Å². The molecule has 39 heavy (non-hydrogen) atoms. The summed E-state index contributed by atoms with van der Waals surface area (Å²) in [4.78, 5) is 40.8. The molecule has 1 saturated carbocycles. The summed E-state index contributed by atoms with van der Waals surface area (Å²) in [5.74, 6) is 4.95. The van der Waals surface area contributed by atoms with E-state index in [2.05, 4.69) is 27.0 Å². The van der Waals surface area contributed by atoms with E-state index in [1.807, 2.05) is 18.2 Å². The first-order chi connectivity index (χ1) is 19.0. The van der Waals surface area contributed by atoms with E-state index in [0.717, 1.165) is 35.4 Å². The van der Waals surface area contributed by atoms with Crippen molar-refractivity contribution in [2.75, 3.05) is 22.6 Å². The molecule has 0 radical (unpaired) electrons. The number of nitrogens with two attached hydrogens (primary N) is 2. The number of hydrogen-bond donors (Lipinski definition) is 3. The molecule has 2 aromatic heterocycles. The second kappa shape index (κ2) is 12.1. The van der Waals surface area contributed by atoms with Crippen molar-refractivity contribution in [2.24, 2.45) is 16.6 Å². The summed E-state index contributed by atoms with van der Waals surface area (Å²) in [6.45, 7) is 0.979. The minimum atomic E-state index is -0.826. The zero-order chi connectivity index (χ0) is 27.4. The molecule has 5 rings (SSSR count). The number of hydrogen-bond acceptors (Lipinski definition) is 7. The van der Waals surface area contributed by atoms with Crippen molar-refractivity contribution in [3.05, 3.63) is 72.1 Å². The zero-order valence-corrected chi connectivity index (χ0v) is 23.6. The third-order valence-electron chi connectivity index (χ3n) is 6.91. The molecule has 1 aliphatic heterocycles. The van der Waals surface area contributed by atoms with Crippen LogP contribution in [0, 0.1) is 5.82 Å². The molecule has 1 saturated heterocycles. The molecule has 1 amide bonds. The fraction of sp³-hybridized carbons (Fsp3) is 0.333. The van der Waals surface area contributed by atoms with Gasteiger partial charge in [-0.05, 0) is 0 Å². The van der Waals surface area contributed by atoms with Crippen LogP contribution in [-0.2, 0) is 4.79 Å². The Bertz CT molecular complexity index is 1400. The molecule has 3 heterocycles. The first-order valence-electron chi connectivity index (χ1n) is 12.9. The summed E-state index contributed by atoms with van der Waals surface area (Å²) in [6, 6.07) is 10.5. The summed E-state index contributed by atoms with van der Waals surface area (Å²) in [5.41, 5.74) is 6.63. The molecule has 0 atom stereocenters. The van der Waals surface area contributed by atoms with Gasteiger partial charge in [0.2, 0.25) is 0 Å². The van der Waals surface area contributed by atoms with E-state index in [1.54, 1.807) is 3.11 Å². The number of alkyl halides is 1. The Balaban J connectivity index is 1.33. The number of hydrazine groups is 1. The average molecular weight is 646 g/mol. The molecule has 0 bridgehead atoms. The van der Waals surface area contributed by atoms with Crippen LogP contribution in [0.4, 0.5) is 10.2 Å². The molecular formula is C27H31FIN8O2-. The normalized spacial score (nSPS) is 17.4. The number of pyridine rings is 1. The number of aliphatic imine (C=N–C) groups is 1. The predicted octanol–water partition coefficient (Wildman–Crippen LogP) is -0.120. The van der Waals surface area contributed by atoms with Crippen molar-refractivity contribution in [3.63, 3.8) is 0 Å². The monoisotopic (exact) mass is 645 g/mol. The number of carbonyl (C=O) groups excluding carboxylic acids is 2. The Kier molecular flexibility index (Phi) is 8.41. The van der Waals surface area contributed by atoms with Crippen molar-refractivity contribution in [1.82, 2.24) is 18.0 Å². The summed E-state index contributed by atoms with van der Waals surface area (Å²) in [7, 11) is 0. The van der Waals surface area contributed by atoms with E-state index in [4.69, 9.17) is 16.6 Å². The minimum absolute atomic E-state index is 0.0259. The summed E-state index contributed by atoms with van der Waals surface area (Å²) in [5, 5.41) is 1.08. The number of benzene rings is 1. The van der Waals surface area contributed by atoms with Gasteiger partial charge < -0.3 is 0 Å². The number of carbonyl (C=O) groups is 2. The first kappa shape index (κ1) is 27.1. The van der Waals surface area contributed by atoms with Crippen LogP contribution in [0.2, 0.25) is 0 Å². The van der Waals surface area contributed by atoms with Crippen molar-refractivity contribution >= 4 is 34.2 Å². The van der Waals surface area contributed by atoms with Gasteiger partial charge >= 0.3 is 237 Å². The second-order valence-electron chi connectivity index (χ2n) is 9.46. The Morgan fingerprint density at radius 2 is 1.95 bits per heavy atom. The van der Waals surface area contributed by atoms with Gasteiger partial charge in [-0.15, -0.1) is 0 Å². The van der Waals surface area contributed by atoms with Crippen molar-refractivity contribution in [3.8, 4) is 0 Å². The molecule has 3 aromatic rings. The first-order valence-corrected chi connectivity index (χ1v) is 15.4. The maximum absolute atomic E-state index is 14.8. The third kappa shape index (κ3) is 5.76. The number of Topliss-reactive ketones (excluding diaryl/α,β-unsaturated/α-hetero) is 1. The molecular weight excluding hydrogens is 614 g/mol. The number of amides is 1. The second-order valence-corrected chi connectivity index (χ2v) is 12.0.